The minimum atomic E-state index is -0.237. The van der Waals surface area contributed by atoms with Gasteiger partial charge in [0.15, 0.2) is 0 Å². The second kappa shape index (κ2) is 4.40. The highest BCUT2D eigenvalue weighted by molar-refractivity contribution is 5.74. The van der Waals surface area contributed by atoms with Gasteiger partial charge in [-0.2, -0.15) is 0 Å². The van der Waals surface area contributed by atoms with Crippen molar-refractivity contribution >= 4 is 11.0 Å². The first kappa shape index (κ1) is 10.1. The molecule has 0 aliphatic carbocycles. The number of halogens is 1. The number of nitrogens with zero attached hydrogens (tertiary/aromatic N) is 1. The summed E-state index contributed by atoms with van der Waals surface area (Å²) in [6.45, 7) is 3.77. The molecule has 0 fully saturated rings. The third-order valence-corrected chi connectivity index (χ3v) is 2.21. The number of hydrogen-bond acceptors (Lipinski definition) is 2. The number of hydrogen-bond donors (Lipinski definition) is 2. The lowest BCUT2D eigenvalue weighted by atomic mass is 10.3. The lowest BCUT2D eigenvalue weighted by Crippen LogP contribution is -2.14. The van der Waals surface area contributed by atoms with E-state index in [0.29, 0.717) is 6.54 Å². The van der Waals surface area contributed by atoms with E-state index >= 15 is 0 Å². The van der Waals surface area contributed by atoms with E-state index in [2.05, 4.69) is 22.2 Å². The van der Waals surface area contributed by atoms with Crippen molar-refractivity contribution in [3.8, 4) is 0 Å². The quantitative estimate of drug-likeness (QED) is 0.754. The minimum Gasteiger partial charge on any atom is -0.341 e. The molecule has 0 spiro atoms. The number of rotatable bonds is 4. The van der Waals surface area contributed by atoms with Crippen molar-refractivity contribution in [3.63, 3.8) is 0 Å². The van der Waals surface area contributed by atoms with Gasteiger partial charge in [0.1, 0.15) is 11.6 Å². The van der Waals surface area contributed by atoms with Crippen LogP contribution in [0.25, 0.3) is 11.0 Å². The Labute approximate surface area is 87.7 Å². The molecule has 4 heteroatoms. The molecule has 1 aromatic carbocycles. The summed E-state index contributed by atoms with van der Waals surface area (Å²) in [5.74, 6) is 0.614. The predicted octanol–water partition coefficient (Wildman–Crippen LogP) is 2.20. The van der Waals surface area contributed by atoms with Crippen LogP contribution in [0.1, 0.15) is 19.2 Å². The molecule has 2 rings (SSSR count). The first-order valence-corrected chi connectivity index (χ1v) is 5.14. The van der Waals surface area contributed by atoms with Crippen molar-refractivity contribution in [3.05, 3.63) is 29.8 Å². The Morgan fingerprint density at radius 3 is 3.13 bits per heavy atom. The molecule has 3 nitrogen and oxygen atoms in total. The summed E-state index contributed by atoms with van der Waals surface area (Å²) in [6.07, 6.45) is 1.09. The van der Waals surface area contributed by atoms with Gasteiger partial charge in [-0.25, -0.2) is 9.37 Å². The van der Waals surface area contributed by atoms with Gasteiger partial charge in [0, 0.05) is 0 Å². The number of benzene rings is 1. The van der Waals surface area contributed by atoms with Crippen LogP contribution < -0.4 is 5.32 Å². The molecular weight excluding hydrogens is 193 g/mol. The first-order chi connectivity index (χ1) is 7.29. The lowest BCUT2D eigenvalue weighted by molar-refractivity contribution is 0.629. The molecule has 0 radical (unpaired) electrons. The summed E-state index contributed by atoms with van der Waals surface area (Å²) >= 11 is 0. The number of fused-ring (bicyclic) bond motifs is 1. The number of aromatic amines is 1. The second-order valence-electron chi connectivity index (χ2n) is 3.52. The van der Waals surface area contributed by atoms with E-state index in [4.69, 9.17) is 0 Å². The molecule has 0 atom stereocenters. The molecule has 0 amide bonds. The van der Waals surface area contributed by atoms with Gasteiger partial charge in [-0.1, -0.05) is 6.92 Å². The Morgan fingerprint density at radius 1 is 1.47 bits per heavy atom. The van der Waals surface area contributed by atoms with Crippen molar-refractivity contribution in [1.29, 1.82) is 0 Å². The number of aromatic nitrogens is 2. The Bertz CT molecular complexity index is 450. The van der Waals surface area contributed by atoms with E-state index in [1.807, 2.05) is 0 Å². The maximum Gasteiger partial charge on any atom is 0.125 e. The fraction of sp³-hybridized carbons (Fsp3) is 0.364. The normalized spacial score (nSPS) is 11.1. The van der Waals surface area contributed by atoms with Gasteiger partial charge in [-0.05, 0) is 31.2 Å². The van der Waals surface area contributed by atoms with Crippen LogP contribution in [0, 0.1) is 5.82 Å². The highest BCUT2D eigenvalue weighted by Crippen LogP contribution is 2.12. The zero-order valence-electron chi connectivity index (χ0n) is 8.68. The zero-order valence-corrected chi connectivity index (χ0v) is 8.68. The highest BCUT2D eigenvalue weighted by atomic mass is 19.1. The molecule has 0 bridgehead atoms. The molecule has 0 aliphatic heterocycles. The Balaban J connectivity index is 2.16. The maximum atomic E-state index is 12.9. The molecule has 2 aromatic rings. The summed E-state index contributed by atoms with van der Waals surface area (Å²) in [6, 6.07) is 4.57. The topological polar surface area (TPSA) is 40.7 Å². The van der Waals surface area contributed by atoms with E-state index in [9.17, 15) is 4.39 Å². The van der Waals surface area contributed by atoms with Crippen LogP contribution in [-0.2, 0) is 6.54 Å². The van der Waals surface area contributed by atoms with Gasteiger partial charge in [0.25, 0.3) is 0 Å². The van der Waals surface area contributed by atoms with E-state index < -0.39 is 0 Å². The van der Waals surface area contributed by atoms with Gasteiger partial charge < -0.3 is 10.3 Å². The van der Waals surface area contributed by atoms with Gasteiger partial charge in [0.05, 0.1) is 17.6 Å². The molecule has 0 saturated heterocycles. The monoisotopic (exact) mass is 207 g/mol. The SMILES string of the molecule is CCCNCc1nc2ccc(F)cc2[nH]1. The lowest BCUT2D eigenvalue weighted by Gasteiger charge is -1.97. The largest absolute Gasteiger partial charge is 0.341 e. The smallest absolute Gasteiger partial charge is 0.125 e. The Morgan fingerprint density at radius 2 is 2.33 bits per heavy atom. The summed E-state index contributed by atoms with van der Waals surface area (Å²) in [7, 11) is 0. The highest BCUT2D eigenvalue weighted by Gasteiger charge is 2.02. The molecular formula is C11H14FN3. The molecule has 15 heavy (non-hydrogen) atoms. The Hall–Kier alpha value is -1.42. The van der Waals surface area contributed by atoms with E-state index in [-0.39, 0.29) is 5.82 Å². The van der Waals surface area contributed by atoms with Crippen LogP contribution in [0.2, 0.25) is 0 Å². The Kier molecular flexibility index (Phi) is 2.97. The average Bonchev–Trinajstić information content (AvgIpc) is 2.60. The summed E-state index contributed by atoms with van der Waals surface area (Å²) in [5.41, 5.74) is 1.56. The van der Waals surface area contributed by atoms with Crippen molar-refractivity contribution in [2.45, 2.75) is 19.9 Å². The molecule has 1 aromatic heterocycles. The van der Waals surface area contributed by atoms with Crippen LogP contribution in [0.15, 0.2) is 18.2 Å². The standard InChI is InChI=1S/C11H14FN3/c1-2-5-13-7-11-14-9-4-3-8(12)6-10(9)15-11/h3-4,6,13H,2,5,7H2,1H3,(H,14,15). The van der Waals surface area contributed by atoms with E-state index in [0.717, 1.165) is 29.8 Å². The van der Waals surface area contributed by atoms with Crippen molar-refractivity contribution in [1.82, 2.24) is 15.3 Å². The average molecular weight is 207 g/mol. The number of nitrogens with one attached hydrogen (secondary N) is 2. The molecule has 0 aliphatic rings. The van der Waals surface area contributed by atoms with Gasteiger partial charge >= 0.3 is 0 Å². The summed E-state index contributed by atoms with van der Waals surface area (Å²) < 4.78 is 12.9. The van der Waals surface area contributed by atoms with Crippen LogP contribution >= 0.6 is 0 Å². The van der Waals surface area contributed by atoms with E-state index in [1.165, 1.54) is 12.1 Å². The van der Waals surface area contributed by atoms with Crippen LogP contribution in [0.3, 0.4) is 0 Å². The predicted molar refractivity (Wildman–Crippen MR) is 58.0 cm³/mol. The maximum absolute atomic E-state index is 12.9. The van der Waals surface area contributed by atoms with Crippen LogP contribution in [0.4, 0.5) is 4.39 Å². The number of imidazole rings is 1. The second-order valence-corrected chi connectivity index (χ2v) is 3.52. The molecule has 1 heterocycles. The van der Waals surface area contributed by atoms with Crippen LogP contribution in [-0.4, -0.2) is 16.5 Å². The summed E-state index contributed by atoms with van der Waals surface area (Å²) in [4.78, 5) is 7.42. The zero-order chi connectivity index (χ0) is 10.7. The van der Waals surface area contributed by atoms with Gasteiger partial charge in [-0.3, -0.25) is 0 Å². The molecule has 80 valence electrons. The van der Waals surface area contributed by atoms with Gasteiger partial charge in [0.2, 0.25) is 0 Å². The number of H-pyrrole nitrogens is 1. The fourth-order valence-corrected chi connectivity index (χ4v) is 1.50. The van der Waals surface area contributed by atoms with Crippen molar-refractivity contribution < 1.29 is 4.39 Å². The van der Waals surface area contributed by atoms with Crippen molar-refractivity contribution in [2.24, 2.45) is 0 Å². The molecule has 2 N–H and O–H groups in total. The third kappa shape index (κ3) is 2.33. The van der Waals surface area contributed by atoms with E-state index in [1.54, 1.807) is 6.07 Å². The van der Waals surface area contributed by atoms with Crippen molar-refractivity contribution in [2.75, 3.05) is 6.54 Å². The van der Waals surface area contributed by atoms with Crippen LogP contribution in [0.5, 0.6) is 0 Å². The molecule has 0 unspecified atom stereocenters. The molecule has 0 saturated carbocycles. The van der Waals surface area contributed by atoms with Gasteiger partial charge in [-0.15, -0.1) is 0 Å². The minimum absolute atomic E-state index is 0.237. The fourth-order valence-electron chi connectivity index (χ4n) is 1.50. The third-order valence-electron chi connectivity index (χ3n) is 2.21. The summed E-state index contributed by atoms with van der Waals surface area (Å²) in [5, 5.41) is 3.24. The first-order valence-electron chi connectivity index (χ1n) is 5.14.